The van der Waals surface area contributed by atoms with Crippen LogP contribution in [0, 0.1) is 0 Å². The van der Waals surface area contributed by atoms with E-state index in [1.165, 1.54) is 5.56 Å². The van der Waals surface area contributed by atoms with E-state index < -0.39 is 0 Å². The van der Waals surface area contributed by atoms with E-state index in [1.54, 1.807) is 7.05 Å². The van der Waals surface area contributed by atoms with Gasteiger partial charge in [-0.1, -0.05) is 58.4 Å². The van der Waals surface area contributed by atoms with Crippen molar-refractivity contribution < 1.29 is 4.79 Å². The number of nitrogens with zero attached hydrogens (tertiary/aromatic N) is 2. The number of guanidine groups is 1. The minimum absolute atomic E-state index is 0. The third-order valence-electron chi connectivity index (χ3n) is 3.87. The molecule has 0 aromatic heterocycles. The summed E-state index contributed by atoms with van der Waals surface area (Å²) in [7, 11) is 3.72. The monoisotopic (exact) mass is 544 g/mol. The summed E-state index contributed by atoms with van der Waals surface area (Å²) >= 11 is 3.44. The van der Waals surface area contributed by atoms with Gasteiger partial charge in [-0.05, 0) is 23.3 Å². The molecule has 146 valence electrons. The van der Waals surface area contributed by atoms with Crippen LogP contribution in [0.2, 0.25) is 0 Å². The molecule has 0 unspecified atom stereocenters. The molecule has 2 aromatic rings. The first kappa shape index (κ1) is 23.4. The van der Waals surface area contributed by atoms with Crippen LogP contribution in [0.4, 0.5) is 0 Å². The molecule has 0 saturated heterocycles. The summed E-state index contributed by atoms with van der Waals surface area (Å²) in [5.41, 5.74) is 2.29. The Balaban J connectivity index is 0.00000364. The Morgan fingerprint density at radius 2 is 1.70 bits per heavy atom. The predicted molar refractivity (Wildman–Crippen MR) is 125 cm³/mol. The first-order valence-electron chi connectivity index (χ1n) is 8.55. The van der Waals surface area contributed by atoms with Gasteiger partial charge in [0.1, 0.15) is 0 Å². The maximum atomic E-state index is 12.0. The number of carbonyl (C=O) groups is 1. The highest BCUT2D eigenvalue weighted by Gasteiger charge is 2.08. The Hall–Kier alpha value is -1.61. The van der Waals surface area contributed by atoms with E-state index in [4.69, 9.17) is 0 Å². The van der Waals surface area contributed by atoms with Gasteiger partial charge in [0.05, 0.1) is 0 Å². The zero-order chi connectivity index (χ0) is 18.8. The molecule has 2 N–H and O–H groups in total. The molecule has 0 atom stereocenters. The minimum atomic E-state index is 0. The van der Waals surface area contributed by atoms with Crippen LogP contribution in [-0.4, -0.2) is 37.4 Å². The van der Waals surface area contributed by atoms with E-state index >= 15 is 0 Å². The van der Waals surface area contributed by atoms with E-state index in [0.29, 0.717) is 19.5 Å². The van der Waals surface area contributed by atoms with Gasteiger partial charge < -0.3 is 15.5 Å². The maximum Gasteiger partial charge on any atom is 0.222 e. The van der Waals surface area contributed by atoms with Crippen molar-refractivity contribution in [1.82, 2.24) is 15.5 Å². The average Bonchev–Trinajstić information content (AvgIpc) is 2.66. The number of amides is 1. The van der Waals surface area contributed by atoms with Crippen molar-refractivity contribution in [3.63, 3.8) is 0 Å². The third-order valence-corrected chi connectivity index (χ3v) is 4.40. The van der Waals surface area contributed by atoms with Gasteiger partial charge in [-0.15, -0.1) is 24.0 Å². The molecule has 7 heteroatoms. The molecule has 2 aromatic carbocycles. The molecule has 27 heavy (non-hydrogen) atoms. The van der Waals surface area contributed by atoms with Gasteiger partial charge in [0.2, 0.25) is 5.91 Å². The van der Waals surface area contributed by atoms with Crippen molar-refractivity contribution in [1.29, 1.82) is 0 Å². The summed E-state index contributed by atoms with van der Waals surface area (Å²) in [4.78, 5) is 18.3. The largest absolute Gasteiger partial charge is 0.356 e. The Labute approximate surface area is 186 Å². The van der Waals surface area contributed by atoms with Gasteiger partial charge in [0.25, 0.3) is 0 Å². The van der Waals surface area contributed by atoms with Crippen molar-refractivity contribution >= 4 is 51.8 Å². The Kier molecular flexibility index (Phi) is 11.0. The minimum Gasteiger partial charge on any atom is -0.356 e. The molecule has 0 heterocycles. The molecule has 0 bridgehead atoms. The van der Waals surface area contributed by atoms with Crippen molar-refractivity contribution in [3.8, 4) is 0 Å². The van der Waals surface area contributed by atoms with Gasteiger partial charge in [-0.25, -0.2) is 0 Å². The number of aliphatic imine (C=N–C) groups is 1. The smallest absolute Gasteiger partial charge is 0.222 e. The summed E-state index contributed by atoms with van der Waals surface area (Å²) in [6, 6.07) is 18.1. The molecule has 0 aliphatic rings. The van der Waals surface area contributed by atoms with Crippen LogP contribution >= 0.6 is 39.9 Å². The molecule has 0 radical (unpaired) electrons. The van der Waals surface area contributed by atoms with Crippen LogP contribution in [0.1, 0.15) is 17.5 Å². The lowest BCUT2D eigenvalue weighted by molar-refractivity contribution is -0.121. The van der Waals surface area contributed by atoms with E-state index in [2.05, 4.69) is 43.7 Å². The standard InChI is InChI=1S/C20H25BrN4O.HI/c1-22-20(25(2)15-17-8-10-18(21)11-9-17)23-13-12-19(26)24-14-16-6-4-3-5-7-16;/h3-11H,12-15H2,1-2H3,(H,22,23)(H,24,26);1H. The Morgan fingerprint density at radius 3 is 2.33 bits per heavy atom. The van der Waals surface area contributed by atoms with E-state index in [0.717, 1.165) is 22.5 Å². The second kappa shape index (κ2) is 12.7. The lowest BCUT2D eigenvalue weighted by atomic mass is 10.2. The topological polar surface area (TPSA) is 56.7 Å². The number of nitrogens with one attached hydrogen (secondary N) is 2. The fourth-order valence-corrected chi connectivity index (χ4v) is 2.76. The highest BCUT2D eigenvalue weighted by atomic mass is 127. The van der Waals surface area contributed by atoms with Gasteiger partial charge in [0, 0.05) is 44.6 Å². The van der Waals surface area contributed by atoms with Crippen LogP contribution in [0.15, 0.2) is 64.1 Å². The number of hydrogen-bond donors (Lipinski definition) is 2. The fourth-order valence-electron chi connectivity index (χ4n) is 2.50. The van der Waals surface area contributed by atoms with Crippen molar-refractivity contribution in [3.05, 3.63) is 70.2 Å². The normalized spacial score (nSPS) is 10.7. The fraction of sp³-hybridized carbons (Fsp3) is 0.300. The van der Waals surface area contributed by atoms with E-state index in [9.17, 15) is 4.79 Å². The van der Waals surface area contributed by atoms with Crippen LogP contribution in [0.3, 0.4) is 0 Å². The second-order valence-electron chi connectivity index (χ2n) is 5.97. The molecule has 2 rings (SSSR count). The zero-order valence-electron chi connectivity index (χ0n) is 15.6. The maximum absolute atomic E-state index is 12.0. The molecule has 0 saturated carbocycles. The number of carbonyl (C=O) groups excluding carboxylic acids is 1. The quantitative estimate of drug-likeness (QED) is 0.317. The molecule has 1 amide bonds. The highest BCUT2D eigenvalue weighted by Crippen LogP contribution is 2.11. The summed E-state index contributed by atoms with van der Waals surface area (Å²) < 4.78 is 1.06. The predicted octanol–water partition coefficient (Wildman–Crippen LogP) is 3.78. The van der Waals surface area contributed by atoms with Crippen molar-refractivity contribution in [2.45, 2.75) is 19.5 Å². The summed E-state index contributed by atoms with van der Waals surface area (Å²) in [6.07, 6.45) is 0.401. The van der Waals surface area contributed by atoms with Gasteiger partial charge in [-0.2, -0.15) is 0 Å². The molecule has 0 aliphatic carbocycles. The highest BCUT2D eigenvalue weighted by molar-refractivity contribution is 14.0. The molecule has 0 aliphatic heterocycles. The number of rotatable bonds is 7. The summed E-state index contributed by atoms with van der Waals surface area (Å²) in [5.74, 6) is 0.788. The molecule has 0 spiro atoms. The number of halogens is 2. The number of hydrogen-bond acceptors (Lipinski definition) is 2. The average molecular weight is 545 g/mol. The molecular formula is C20H26BrIN4O. The Morgan fingerprint density at radius 1 is 1.04 bits per heavy atom. The lowest BCUT2D eigenvalue weighted by Crippen LogP contribution is -2.40. The summed E-state index contributed by atoms with van der Waals surface area (Å²) in [5, 5.41) is 6.16. The lowest BCUT2D eigenvalue weighted by Gasteiger charge is -2.22. The van der Waals surface area contributed by atoms with Gasteiger partial charge >= 0.3 is 0 Å². The molecule has 0 fully saturated rings. The van der Waals surface area contributed by atoms with Crippen molar-refractivity contribution in [2.75, 3.05) is 20.6 Å². The van der Waals surface area contributed by atoms with Gasteiger partial charge in [-0.3, -0.25) is 9.79 Å². The van der Waals surface area contributed by atoms with Crippen LogP contribution in [-0.2, 0) is 17.9 Å². The van der Waals surface area contributed by atoms with Crippen LogP contribution < -0.4 is 10.6 Å². The zero-order valence-corrected chi connectivity index (χ0v) is 19.5. The van der Waals surface area contributed by atoms with Crippen LogP contribution in [0.5, 0.6) is 0 Å². The third kappa shape index (κ3) is 8.75. The van der Waals surface area contributed by atoms with E-state index in [1.807, 2.05) is 54.4 Å². The van der Waals surface area contributed by atoms with Gasteiger partial charge in [0.15, 0.2) is 5.96 Å². The van der Waals surface area contributed by atoms with Crippen LogP contribution in [0.25, 0.3) is 0 Å². The first-order valence-corrected chi connectivity index (χ1v) is 9.34. The SMILES string of the molecule is CN=C(NCCC(=O)NCc1ccccc1)N(C)Cc1ccc(Br)cc1.I. The first-order chi connectivity index (χ1) is 12.6. The Bertz CT molecular complexity index is 723. The summed E-state index contributed by atoms with van der Waals surface area (Å²) in [6.45, 7) is 1.84. The molecular weight excluding hydrogens is 519 g/mol. The van der Waals surface area contributed by atoms with Crippen molar-refractivity contribution in [2.24, 2.45) is 4.99 Å². The van der Waals surface area contributed by atoms with E-state index in [-0.39, 0.29) is 29.9 Å². The second-order valence-corrected chi connectivity index (χ2v) is 6.88. The molecule has 5 nitrogen and oxygen atoms in total. The number of benzene rings is 2.